The summed E-state index contributed by atoms with van der Waals surface area (Å²) in [5.41, 5.74) is 5.23. The number of nitrogens with two attached hydrogens (primary N) is 1. The van der Waals surface area contributed by atoms with Crippen LogP contribution in [0.3, 0.4) is 0 Å². The molecule has 0 aliphatic rings. The zero-order valence-electron chi connectivity index (χ0n) is 10.4. The summed E-state index contributed by atoms with van der Waals surface area (Å²) >= 11 is 3.03. The van der Waals surface area contributed by atoms with Gasteiger partial charge in [-0.25, -0.2) is 14.0 Å². The fourth-order valence-corrected chi connectivity index (χ4v) is 1.73. The molecule has 1 aromatic rings. The van der Waals surface area contributed by atoms with Crippen molar-refractivity contribution in [3.8, 4) is 0 Å². The molecule has 0 heterocycles. The summed E-state index contributed by atoms with van der Waals surface area (Å²) < 4.78 is 22.9. The highest BCUT2D eigenvalue weighted by Gasteiger charge is 2.22. The number of carbonyl (C=O) groups excluding carboxylic acids is 2. The molecule has 104 valence electrons. The molecule has 1 unspecified atom stereocenters. The minimum absolute atomic E-state index is 0.0371. The third-order valence-corrected chi connectivity index (χ3v) is 2.86. The highest BCUT2D eigenvalue weighted by atomic mass is 79.9. The molecule has 19 heavy (non-hydrogen) atoms. The van der Waals surface area contributed by atoms with Gasteiger partial charge in [0.2, 0.25) is 0 Å². The van der Waals surface area contributed by atoms with E-state index in [0.717, 1.165) is 12.1 Å². The lowest BCUT2D eigenvalue weighted by Gasteiger charge is -2.13. The van der Waals surface area contributed by atoms with Crippen LogP contribution in [0.5, 0.6) is 0 Å². The number of carbonyl (C=O) groups is 2. The topological polar surface area (TPSA) is 78.6 Å². The van der Waals surface area contributed by atoms with Crippen LogP contribution >= 0.6 is 15.9 Å². The van der Waals surface area contributed by atoms with E-state index < -0.39 is 23.9 Å². The molecule has 5 nitrogen and oxygen atoms in total. The van der Waals surface area contributed by atoms with Gasteiger partial charge in [-0.05, 0) is 41.9 Å². The van der Waals surface area contributed by atoms with E-state index in [4.69, 9.17) is 15.2 Å². The Labute approximate surface area is 118 Å². The van der Waals surface area contributed by atoms with Gasteiger partial charge in [0.05, 0.1) is 17.9 Å². The van der Waals surface area contributed by atoms with E-state index in [-0.39, 0.29) is 22.3 Å². The first kappa shape index (κ1) is 15.4. The van der Waals surface area contributed by atoms with E-state index in [9.17, 15) is 14.0 Å². The molecule has 2 N–H and O–H groups in total. The summed E-state index contributed by atoms with van der Waals surface area (Å²) in [6.07, 6.45) is -1.05. The predicted molar refractivity (Wildman–Crippen MR) is 70.0 cm³/mol. The van der Waals surface area contributed by atoms with Crippen LogP contribution in [-0.2, 0) is 14.3 Å². The Bertz CT molecular complexity index is 507. The normalized spacial score (nSPS) is 11.8. The number of benzene rings is 1. The number of halogens is 2. The van der Waals surface area contributed by atoms with Gasteiger partial charge in [-0.15, -0.1) is 0 Å². The molecule has 7 heteroatoms. The molecule has 1 rings (SSSR count). The summed E-state index contributed by atoms with van der Waals surface area (Å²) in [6, 6.07) is 2.20. The third kappa shape index (κ3) is 3.92. The third-order valence-electron chi connectivity index (χ3n) is 2.21. The molecule has 1 aromatic carbocycles. The molecule has 0 saturated carbocycles. The number of anilines is 1. The van der Waals surface area contributed by atoms with Gasteiger partial charge >= 0.3 is 11.9 Å². The second-order valence-corrected chi connectivity index (χ2v) is 4.51. The Kier molecular flexibility index (Phi) is 5.29. The summed E-state index contributed by atoms with van der Waals surface area (Å²) in [6.45, 7) is 3.22. The highest BCUT2D eigenvalue weighted by Crippen LogP contribution is 2.23. The first-order valence-corrected chi connectivity index (χ1v) is 6.28. The molecule has 0 spiro atoms. The fraction of sp³-hybridized carbons (Fsp3) is 0.333. The van der Waals surface area contributed by atoms with Crippen molar-refractivity contribution in [2.45, 2.75) is 20.0 Å². The van der Waals surface area contributed by atoms with Crippen LogP contribution in [-0.4, -0.2) is 24.6 Å². The smallest absolute Gasteiger partial charge is 0.347 e. The molecule has 0 fully saturated rings. The predicted octanol–water partition coefficient (Wildman–Crippen LogP) is 2.28. The van der Waals surface area contributed by atoms with Gasteiger partial charge in [0.1, 0.15) is 5.82 Å². The number of nitrogen functional groups attached to an aromatic ring is 1. The minimum atomic E-state index is -1.05. The van der Waals surface area contributed by atoms with Gasteiger partial charge < -0.3 is 15.2 Å². The van der Waals surface area contributed by atoms with E-state index in [2.05, 4.69) is 15.9 Å². The van der Waals surface area contributed by atoms with Crippen molar-refractivity contribution in [2.24, 2.45) is 0 Å². The molecule has 0 aromatic heterocycles. The summed E-state index contributed by atoms with van der Waals surface area (Å²) in [5.74, 6) is -2.09. The Morgan fingerprint density at radius 3 is 2.68 bits per heavy atom. The SMILES string of the molecule is CCOC(=O)C(C)OC(=O)c1cc(N)c(F)cc1Br. The van der Waals surface area contributed by atoms with E-state index in [1.807, 2.05) is 0 Å². The van der Waals surface area contributed by atoms with Crippen molar-refractivity contribution < 1.29 is 23.5 Å². The van der Waals surface area contributed by atoms with Crippen LogP contribution in [0.4, 0.5) is 10.1 Å². The Balaban J connectivity index is 2.84. The van der Waals surface area contributed by atoms with Gasteiger partial charge in [-0.2, -0.15) is 0 Å². The second-order valence-electron chi connectivity index (χ2n) is 3.65. The van der Waals surface area contributed by atoms with Gasteiger partial charge in [-0.3, -0.25) is 0 Å². The summed E-state index contributed by atoms with van der Waals surface area (Å²) in [4.78, 5) is 23.1. The van der Waals surface area contributed by atoms with Gasteiger partial charge in [0.25, 0.3) is 0 Å². The van der Waals surface area contributed by atoms with Crippen LogP contribution in [0.1, 0.15) is 24.2 Å². The minimum Gasteiger partial charge on any atom is -0.463 e. The molecule has 0 aliphatic carbocycles. The Hall–Kier alpha value is -1.63. The quantitative estimate of drug-likeness (QED) is 0.675. The lowest BCUT2D eigenvalue weighted by molar-refractivity contribution is -0.152. The summed E-state index contributed by atoms with van der Waals surface area (Å²) in [5, 5.41) is 0. The maximum Gasteiger partial charge on any atom is 0.347 e. The van der Waals surface area contributed by atoms with Crippen molar-refractivity contribution in [1.82, 2.24) is 0 Å². The van der Waals surface area contributed by atoms with Crippen LogP contribution in [0.2, 0.25) is 0 Å². The van der Waals surface area contributed by atoms with Gasteiger partial charge in [0, 0.05) is 4.47 Å². The molecule has 1 atom stereocenters. The summed E-state index contributed by atoms with van der Waals surface area (Å²) in [7, 11) is 0. The fourth-order valence-electron chi connectivity index (χ4n) is 1.25. The monoisotopic (exact) mass is 333 g/mol. The van der Waals surface area contributed by atoms with Crippen molar-refractivity contribution in [1.29, 1.82) is 0 Å². The number of hydrogen-bond donors (Lipinski definition) is 1. The maximum atomic E-state index is 13.1. The van der Waals surface area contributed by atoms with E-state index >= 15 is 0 Å². The van der Waals surface area contributed by atoms with Crippen molar-refractivity contribution in [2.75, 3.05) is 12.3 Å². The Morgan fingerprint density at radius 1 is 1.47 bits per heavy atom. The zero-order valence-corrected chi connectivity index (χ0v) is 12.0. The lowest BCUT2D eigenvalue weighted by Crippen LogP contribution is -2.26. The van der Waals surface area contributed by atoms with E-state index in [1.54, 1.807) is 6.92 Å². The van der Waals surface area contributed by atoms with Crippen molar-refractivity contribution >= 4 is 33.6 Å². The molecule has 0 amide bonds. The largest absolute Gasteiger partial charge is 0.463 e. The average Bonchev–Trinajstić information content (AvgIpc) is 2.33. The number of ether oxygens (including phenoxy) is 2. The Morgan fingerprint density at radius 2 is 2.11 bits per heavy atom. The van der Waals surface area contributed by atoms with Crippen molar-refractivity contribution in [3.63, 3.8) is 0 Å². The lowest BCUT2D eigenvalue weighted by atomic mass is 10.2. The second kappa shape index (κ2) is 6.51. The first-order chi connectivity index (χ1) is 8.86. The molecule has 0 aliphatic heterocycles. The van der Waals surface area contributed by atoms with E-state index in [0.29, 0.717) is 0 Å². The van der Waals surface area contributed by atoms with Gasteiger partial charge in [0.15, 0.2) is 6.10 Å². The highest BCUT2D eigenvalue weighted by molar-refractivity contribution is 9.10. The first-order valence-electron chi connectivity index (χ1n) is 5.49. The number of rotatable bonds is 4. The standard InChI is InChI=1S/C12H13BrFNO4/c1-3-18-11(16)6(2)19-12(17)7-4-10(15)9(14)5-8(7)13/h4-6H,3,15H2,1-2H3. The molecule has 0 radical (unpaired) electrons. The zero-order chi connectivity index (χ0) is 14.6. The maximum absolute atomic E-state index is 13.1. The molecule has 0 saturated heterocycles. The van der Waals surface area contributed by atoms with Crippen LogP contribution < -0.4 is 5.73 Å². The number of hydrogen-bond acceptors (Lipinski definition) is 5. The van der Waals surface area contributed by atoms with Crippen LogP contribution in [0, 0.1) is 5.82 Å². The average molecular weight is 334 g/mol. The molecule has 0 bridgehead atoms. The van der Waals surface area contributed by atoms with Gasteiger partial charge in [-0.1, -0.05) is 0 Å². The molecular weight excluding hydrogens is 321 g/mol. The molecular formula is C12H13BrFNO4. The van der Waals surface area contributed by atoms with Crippen LogP contribution in [0.25, 0.3) is 0 Å². The van der Waals surface area contributed by atoms with Crippen molar-refractivity contribution in [3.05, 3.63) is 28.0 Å². The van der Waals surface area contributed by atoms with Crippen LogP contribution in [0.15, 0.2) is 16.6 Å². The number of esters is 2. The van der Waals surface area contributed by atoms with E-state index in [1.165, 1.54) is 6.92 Å².